The van der Waals surface area contributed by atoms with E-state index in [1.807, 2.05) is 0 Å². The Morgan fingerprint density at radius 2 is 1.92 bits per heavy atom. The van der Waals surface area contributed by atoms with Crippen LogP contribution in [0, 0.1) is 0 Å². The van der Waals surface area contributed by atoms with Gasteiger partial charge in [-0.05, 0) is 30.3 Å². The van der Waals surface area contributed by atoms with Gasteiger partial charge in [0, 0.05) is 25.7 Å². The van der Waals surface area contributed by atoms with Gasteiger partial charge in [-0.2, -0.15) is 0 Å². The number of H-pyrrole nitrogens is 1. The molecule has 3 rings (SSSR count). The predicted molar refractivity (Wildman–Crippen MR) is 97.5 cm³/mol. The van der Waals surface area contributed by atoms with Gasteiger partial charge in [0.05, 0.1) is 28.6 Å². The Hall–Kier alpha value is -2.91. The van der Waals surface area contributed by atoms with Gasteiger partial charge in [-0.25, -0.2) is 17.7 Å². The second-order valence-electron chi connectivity index (χ2n) is 5.83. The van der Waals surface area contributed by atoms with Crippen molar-refractivity contribution in [3.8, 4) is 17.1 Å². The van der Waals surface area contributed by atoms with Gasteiger partial charge in [-0.1, -0.05) is 0 Å². The summed E-state index contributed by atoms with van der Waals surface area (Å²) in [6.45, 7) is 0. The number of aromatic amines is 1. The lowest BCUT2D eigenvalue weighted by atomic mass is 10.2. The SMILES string of the molecule is COc1cc(S(=O)(=O)N(C)C)ccc1-c1nc2ccc(C(N)=O)cc2[nH]1. The van der Waals surface area contributed by atoms with Crippen molar-refractivity contribution in [3.63, 3.8) is 0 Å². The van der Waals surface area contributed by atoms with Crippen LogP contribution in [-0.2, 0) is 10.0 Å². The Morgan fingerprint density at radius 1 is 1.19 bits per heavy atom. The molecular weight excluding hydrogens is 356 g/mol. The molecule has 0 aliphatic heterocycles. The lowest BCUT2D eigenvalue weighted by Gasteiger charge is -2.13. The molecule has 0 unspecified atom stereocenters. The number of sulfonamides is 1. The molecule has 0 aliphatic carbocycles. The average molecular weight is 374 g/mol. The molecule has 3 aromatic rings. The Labute approximate surface area is 150 Å². The summed E-state index contributed by atoms with van der Waals surface area (Å²) in [6.07, 6.45) is 0. The molecule has 26 heavy (non-hydrogen) atoms. The van der Waals surface area contributed by atoms with E-state index in [-0.39, 0.29) is 4.90 Å². The summed E-state index contributed by atoms with van der Waals surface area (Å²) in [5.74, 6) is 0.327. The summed E-state index contributed by atoms with van der Waals surface area (Å²) in [4.78, 5) is 19.0. The third kappa shape index (κ3) is 3.02. The first-order valence-electron chi connectivity index (χ1n) is 7.64. The lowest BCUT2D eigenvalue weighted by Crippen LogP contribution is -2.22. The van der Waals surface area contributed by atoms with Gasteiger partial charge in [0.25, 0.3) is 0 Å². The summed E-state index contributed by atoms with van der Waals surface area (Å²) in [5, 5.41) is 0. The number of benzene rings is 2. The van der Waals surface area contributed by atoms with E-state index in [4.69, 9.17) is 10.5 Å². The van der Waals surface area contributed by atoms with Gasteiger partial charge < -0.3 is 15.5 Å². The van der Waals surface area contributed by atoms with Crippen molar-refractivity contribution in [3.05, 3.63) is 42.0 Å². The quantitative estimate of drug-likeness (QED) is 0.703. The molecule has 0 atom stereocenters. The smallest absolute Gasteiger partial charge is 0.248 e. The monoisotopic (exact) mass is 374 g/mol. The second kappa shape index (κ2) is 6.43. The van der Waals surface area contributed by atoms with Crippen molar-refractivity contribution in [2.75, 3.05) is 21.2 Å². The highest BCUT2D eigenvalue weighted by atomic mass is 32.2. The van der Waals surface area contributed by atoms with Crippen LogP contribution in [-0.4, -0.2) is 49.8 Å². The number of primary amides is 1. The molecule has 0 fully saturated rings. The molecule has 9 heteroatoms. The number of aromatic nitrogens is 2. The van der Waals surface area contributed by atoms with E-state index >= 15 is 0 Å². The zero-order valence-electron chi connectivity index (χ0n) is 14.5. The van der Waals surface area contributed by atoms with E-state index in [0.29, 0.717) is 33.7 Å². The number of carbonyl (C=O) groups is 1. The number of fused-ring (bicyclic) bond motifs is 1. The van der Waals surface area contributed by atoms with Crippen LogP contribution < -0.4 is 10.5 Å². The first-order chi connectivity index (χ1) is 12.2. The van der Waals surface area contributed by atoms with Gasteiger partial charge in [-0.15, -0.1) is 0 Å². The molecule has 1 amide bonds. The number of hydrogen-bond donors (Lipinski definition) is 2. The number of amides is 1. The van der Waals surface area contributed by atoms with Gasteiger partial charge in [0.2, 0.25) is 15.9 Å². The molecule has 1 aromatic heterocycles. The van der Waals surface area contributed by atoms with Crippen molar-refractivity contribution < 1.29 is 17.9 Å². The molecule has 0 bridgehead atoms. The number of methoxy groups -OCH3 is 1. The van der Waals surface area contributed by atoms with Crippen molar-refractivity contribution in [1.82, 2.24) is 14.3 Å². The molecule has 0 saturated carbocycles. The highest BCUT2D eigenvalue weighted by molar-refractivity contribution is 7.89. The molecule has 0 radical (unpaired) electrons. The first-order valence-corrected chi connectivity index (χ1v) is 9.08. The number of rotatable bonds is 5. The maximum atomic E-state index is 12.3. The van der Waals surface area contributed by atoms with Crippen LogP contribution in [0.25, 0.3) is 22.4 Å². The molecule has 136 valence electrons. The normalized spacial score (nSPS) is 11.8. The summed E-state index contributed by atoms with van der Waals surface area (Å²) < 4.78 is 31.1. The standard InChI is InChI=1S/C17H18N4O4S/c1-21(2)26(23,24)11-5-6-12(15(9-11)25-3)17-19-13-7-4-10(16(18)22)8-14(13)20-17/h4-9H,1-3H3,(H2,18,22)(H,19,20). The van der Waals surface area contributed by atoms with Gasteiger partial charge in [-0.3, -0.25) is 4.79 Å². The maximum Gasteiger partial charge on any atom is 0.248 e. The fourth-order valence-corrected chi connectivity index (χ4v) is 3.45. The molecule has 1 heterocycles. The minimum Gasteiger partial charge on any atom is -0.496 e. The minimum atomic E-state index is -3.58. The largest absolute Gasteiger partial charge is 0.496 e. The number of nitrogens with one attached hydrogen (secondary N) is 1. The van der Waals surface area contributed by atoms with Crippen molar-refractivity contribution >= 4 is 27.0 Å². The molecule has 3 N–H and O–H groups in total. The summed E-state index contributed by atoms with van der Waals surface area (Å²) >= 11 is 0. The Balaban J connectivity index is 2.12. The van der Waals surface area contributed by atoms with E-state index in [9.17, 15) is 13.2 Å². The maximum absolute atomic E-state index is 12.3. The summed E-state index contributed by atoms with van der Waals surface area (Å²) in [6, 6.07) is 9.47. The topological polar surface area (TPSA) is 118 Å². The highest BCUT2D eigenvalue weighted by Gasteiger charge is 2.20. The van der Waals surface area contributed by atoms with Gasteiger partial charge >= 0.3 is 0 Å². The Morgan fingerprint density at radius 3 is 2.54 bits per heavy atom. The molecule has 0 saturated heterocycles. The van der Waals surface area contributed by atoms with Crippen LogP contribution in [0.1, 0.15) is 10.4 Å². The lowest BCUT2D eigenvalue weighted by molar-refractivity contribution is 0.100. The summed E-state index contributed by atoms with van der Waals surface area (Å²) in [5.41, 5.74) is 7.55. The van der Waals surface area contributed by atoms with E-state index in [1.165, 1.54) is 33.3 Å². The van der Waals surface area contributed by atoms with E-state index in [2.05, 4.69) is 9.97 Å². The number of hydrogen-bond acceptors (Lipinski definition) is 5. The molecule has 0 spiro atoms. The van der Waals surface area contributed by atoms with Crippen LogP contribution in [0.4, 0.5) is 0 Å². The first kappa shape index (κ1) is 17.9. The second-order valence-corrected chi connectivity index (χ2v) is 7.98. The van der Waals surface area contributed by atoms with Crippen LogP contribution >= 0.6 is 0 Å². The van der Waals surface area contributed by atoms with Crippen molar-refractivity contribution in [1.29, 1.82) is 0 Å². The van der Waals surface area contributed by atoms with E-state index < -0.39 is 15.9 Å². The number of carbonyl (C=O) groups excluding carboxylic acids is 1. The van der Waals surface area contributed by atoms with Gasteiger partial charge in [0.1, 0.15) is 11.6 Å². The number of nitrogens with two attached hydrogens (primary N) is 1. The molecule has 0 aliphatic rings. The minimum absolute atomic E-state index is 0.121. The summed E-state index contributed by atoms with van der Waals surface area (Å²) in [7, 11) is 0.807. The molecule has 8 nitrogen and oxygen atoms in total. The van der Waals surface area contributed by atoms with Crippen molar-refractivity contribution in [2.24, 2.45) is 5.73 Å². The van der Waals surface area contributed by atoms with Crippen LogP contribution in [0.5, 0.6) is 5.75 Å². The zero-order chi connectivity index (χ0) is 19.1. The van der Waals surface area contributed by atoms with Crippen LogP contribution in [0.2, 0.25) is 0 Å². The third-order valence-electron chi connectivity index (χ3n) is 3.97. The van der Waals surface area contributed by atoms with E-state index in [1.54, 1.807) is 24.3 Å². The Kier molecular flexibility index (Phi) is 4.43. The predicted octanol–water partition coefficient (Wildman–Crippen LogP) is 1.59. The average Bonchev–Trinajstić information content (AvgIpc) is 3.03. The number of nitrogens with zero attached hydrogens (tertiary/aromatic N) is 2. The van der Waals surface area contributed by atoms with Crippen molar-refractivity contribution in [2.45, 2.75) is 4.90 Å². The van der Waals surface area contributed by atoms with E-state index in [0.717, 1.165) is 4.31 Å². The Bertz CT molecular complexity index is 1100. The zero-order valence-corrected chi connectivity index (χ0v) is 15.3. The molecular formula is C17H18N4O4S. The molecule has 2 aromatic carbocycles. The van der Waals surface area contributed by atoms with Crippen LogP contribution in [0.15, 0.2) is 41.3 Å². The fraction of sp³-hybridized carbons (Fsp3) is 0.176. The highest BCUT2D eigenvalue weighted by Crippen LogP contribution is 2.32. The fourth-order valence-electron chi connectivity index (χ4n) is 2.53. The third-order valence-corrected chi connectivity index (χ3v) is 5.78. The van der Waals surface area contributed by atoms with Gasteiger partial charge in [0.15, 0.2) is 0 Å². The van der Waals surface area contributed by atoms with Crippen LogP contribution in [0.3, 0.4) is 0 Å². The number of imidazole rings is 1. The number of ether oxygens (including phenoxy) is 1.